The number of hydrogen-bond donors (Lipinski definition) is 1. The fourth-order valence-corrected chi connectivity index (χ4v) is 2.12. The minimum absolute atomic E-state index is 0.163. The third-order valence-electron chi connectivity index (χ3n) is 3.16. The third kappa shape index (κ3) is 2.35. The molecule has 0 aliphatic carbocycles. The average Bonchev–Trinajstić information content (AvgIpc) is 3.10. The minimum Gasteiger partial charge on any atom is -0.463 e. The molecule has 1 N–H and O–H groups in total. The Hall–Kier alpha value is -2.40. The van der Waals surface area contributed by atoms with Crippen molar-refractivity contribution in [2.45, 2.75) is 20.1 Å². The summed E-state index contributed by atoms with van der Waals surface area (Å²) in [5.74, 6) is 0.658. The fourth-order valence-electron chi connectivity index (χ4n) is 2.12. The zero-order valence-electron chi connectivity index (χ0n) is 11.2. The van der Waals surface area contributed by atoms with Crippen LogP contribution in [-0.4, -0.2) is 20.1 Å². The quantitative estimate of drug-likeness (QED) is 0.790. The molecule has 5 nitrogen and oxygen atoms in total. The summed E-state index contributed by atoms with van der Waals surface area (Å²) in [6, 6.07) is 11.9. The predicted octanol–water partition coefficient (Wildman–Crippen LogP) is 2.39. The standard InChI is InChI=1S/C15H15N3O2/c1-11-4-6-12(7-5-11)9-18-15(13(10-19)16-17-18)14-3-2-8-20-14/h2-8,19H,9-10H2,1H3. The van der Waals surface area contributed by atoms with Crippen LogP contribution in [0, 0.1) is 6.92 Å². The van der Waals surface area contributed by atoms with Gasteiger partial charge in [-0.15, -0.1) is 5.10 Å². The number of nitrogens with zero attached hydrogens (tertiary/aromatic N) is 3. The van der Waals surface area contributed by atoms with Crippen LogP contribution in [0.15, 0.2) is 47.1 Å². The zero-order valence-corrected chi connectivity index (χ0v) is 11.2. The molecule has 20 heavy (non-hydrogen) atoms. The van der Waals surface area contributed by atoms with Gasteiger partial charge in [-0.3, -0.25) is 0 Å². The highest BCUT2D eigenvalue weighted by molar-refractivity contribution is 5.55. The first-order chi connectivity index (χ1) is 9.78. The summed E-state index contributed by atoms with van der Waals surface area (Å²) in [7, 11) is 0. The molecule has 0 amide bonds. The molecule has 0 aliphatic heterocycles. The van der Waals surface area contributed by atoms with Gasteiger partial charge in [-0.25, -0.2) is 4.68 Å². The summed E-state index contributed by atoms with van der Waals surface area (Å²) in [4.78, 5) is 0. The molecule has 0 radical (unpaired) electrons. The van der Waals surface area contributed by atoms with Crippen LogP contribution in [0.25, 0.3) is 11.5 Å². The van der Waals surface area contributed by atoms with E-state index >= 15 is 0 Å². The highest BCUT2D eigenvalue weighted by Gasteiger charge is 2.16. The second kappa shape index (κ2) is 5.30. The molecule has 0 atom stereocenters. The molecule has 0 unspecified atom stereocenters. The maximum atomic E-state index is 9.38. The molecule has 0 aliphatic rings. The summed E-state index contributed by atoms with van der Waals surface area (Å²) >= 11 is 0. The summed E-state index contributed by atoms with van der Waals surface area (Å²) in [6.07, 6.45) is 1.60. The fraction of sp³-hybridized carbons (Fsp3) is 0.200. The molecule has 2 heterocycles. The highest BCUT2D eigenvalue weighted by atomic mass is 16.3. The number of furan rings is 1. The number of hydrogen-bond acceptors (Lipinski definition) is 4. The molecular weight excluding hydrogens is 254 g/mol. The van der Waals surface area contributed by atoms with Crippen LogP contribution in [0.4, 0.5) is 0 Å². The first-order valence-electron chi connectivity index (χ1n) is 6.40. The lowest BCUT2D eigenvalue weighted by molar-refractivity contribution is 0.277. The van der Waals surface area contributed by atoms with Crippen LogP contribution in [0.2, 0.25) is 0 Å². The Morgan fingerprint density at radius 1 is 1.20 bits per heavy atom. The van der Waals surface area contributed by atoms with E-state index in [0.29, 0.717) is 18.0 Å². The second-order valence-corrected chi connectivity index (χ2v) is 4.66. The molecule has 102 valence electrons. The lowest BCUT2D eigenvalue weighted by Gasteiger charge is -2.06. The van der Waals surface area contributed by atoms with Crippen LogP contribution in [0.3, 0.4) is 0 Å². The van der Waals surface area contributed by atoms with Gasteiger partial charge in [0.15, 0.2) is 5.76 Å². The Kier molecular flexibility index (Phi) is 3.35. The Morgan fingerprint density at radius 2 is 2.00 bits per heavy atom. The van der Waals surface area contributed by atoms with E-state index in [-0.39, 0.29) is 6.61 Å². The van der Waals surface area contributed by atoms with Gasteiger partial charge in [0.25, 0.3) is 0 Å². The molecule has 0 saturated heterocycles. The summed E-state index contributed by atoms with van der Waals surface area (Å²) in [5.41, 5.74) is 3.58. The molecule has 0 spiro atoms. The normalized spacial score (nSPS) is 10.9. The number of aliphatic hydroxyl groups excluding tert-OH is 1. The summed E-state index contributed by atoms with van der Waals surface area (Å²) in [5, 5.41) is 17.5. The average molecular weight is 269 g/mol. The van der Waals surface area contributed by atoms with Gasteiger partial charge in [-0.1, -0.05) is 35.0 Å². The van der Waals surface area contributed by atoms with Crippen molar-refractivity contribution in [3.05, 3.63) is 59.5 Å². The van der Waals surface area contributed by atoms with Gasteiger partial charge >= 0.3 is 0 Å². The molecule has 1 aromatic carbocycles. The van der Waals surface area contributed by atoms with Gasteiger partial charge < -0.3 is 9.52 Å². The van der Waals surface area contributed by atoms with E-state index in [4.69, 9.17) is 4.42 Å². The van der Waals surface area contributed by atoms with E-state index in [1.54, 1.807) is 17.0 Å². The minimum atomic E-state index is -0.163. The molecular formula is C15H15N3O2. The molecule has 5 heteroatoms. The molecule has 3 rings (SSSR count). The van der Waals surface area contributed by atoms with Crippen molar-refractivity contribution in [3.8, 4) is 11.5 Å². The Labute approximate surface area is 116 Å². The Morgan fingerprint density at radius 3 is 2.65 bits per heavy atom. The van der Waals surface area contributed by atoms with E-state index in [1.807, 2.05) is 6.07 Å². The summed E-state index contributed by atoms with van der Waals surface area (Å²) in [6.45, 7) is 2.48. The largest absolute Gasteiger partial charge is 0.463 e. The topological polar surface area (TPSA) is 64.1 Å². The van der Waals surface area contributed by atoms with Crippen molar-refractivity contribution in [1.82, 2.24) is 15.0 Å². The van der Waals surface area contributed by atoms with Crippen LogP contribution < -0.4 is 0 Å². The van der Waals surface area contributed by atoms with Crippen molar-refractivity contribution in [3.63, 3.8) is 0 Å². The van der Waals surface area contributed by atoms with Crippen molar-refractivity contribution >= 4 is 0 Å². The van der Waals surface area contributed by atoms with Gasteiger partial charge in [0.05, 0.1) is 19.4 Å². The first-order valence-corrected chi connectivity index (χ1v) is 6.40. The Balaban J connectivity index is 1.98. The monoisotopic (exact) mass is 269 g/mol. The number of aliphatic hydroxyl groups is 1. The number of benzene rings is 1. The van der Waals surface area contributed by atoms with Crippen LogP contribution in [-0.2, 0) is 13.2 Å². The maximum Gasteiger partial charge on any atom is 0.153 e. The van der Waals surface area contributed by atoms with E-state index in [0.717, 1.165) is 11.3 Å². The molecule has 0 bridgehead atoms. The lowest BCUT2D eigenvalue weighted by Crippen LogP contribution is -2.04. The van der Waals surface area contributed by atoms with Crippen molar-refractivity contribution < 1.29 is 9.52 Å². The number of aryl methyl sites for hydroxylation is 1. The van der Waals surface area contributed by atoms with Crippen LogP contribution >= 0.6 is 0 Å². The van der Waals surface area contributed by atoms with Crippen molar-refractivity contribution in [1.29, 1.82) is 0 Å². The van der Waals surface area contributed by atoms with E-state index < -0.39 is 0 Å². The lowest BCUT2D eigenvalue weighted by atomic mass is 10.1. The van der Waals surface area contributed by atoms with Gasteiger partial charge in [0.1, 0.15) is 11.4 Å². The highest BCUT2D eigenvalue weighted by Crippen LogP contribution is 2.23. The van der Waals surface area contributed by atoms with E-state index in [1.165, 1.54) is 5.56 Å². The number of aromatic nitrogens is 3. The smallest absolute Gasteiger partial charge is 0.153 e. The molecule has 0 fully saturated rings. The van der Waals surface area contributed by atoms with Gasteiger partial charge in [-0.2, -0.15) is 0 Å². The van der Waals surface area contributed by atoms with Crippen LogP contribution in [0.5, 0.6) is 0 Å². The second-order valence-electron chi connectivity index (χ2n) is 4.66. The molecule has 3 aromatic rings. The summed E-state index contributed by atoms with van der Waals surface area (Å²) < 4.78 is 7.15. The van der Waals surface area contributed by atoms with E-state index in [2.05, 4.69) is 41.5 Å². The predicted molar refractivity (Wildman–Crippen MR) is 73.9 cm³/mol. The first kappa shape index (κ1) is 12.6. The number of rotatable bonds is 4. The van der Waals surface area contributed by atoms with Gasteiger partial charge in [0.2, 0.25) is 0 Å². The zero-order chi connectivity index (χ0) is 13.9. The van der Waals surface area contributed by atoms with E-state index in [9.17, 15) is 5.11 Å². The van der Waals surface area contributed by atoms with Crippen molar-refractivity contribution in [2.75, 3.05) is 0 Å². The molecule has 2 aromatic heterocycles. The van der Waals surface area contributed by atoms with Gasteiger partial charge in [0, 0.05) is 0 Å². The maximum absolute atomic E-state index is 9.38. The third-order valence-corrected chi connectivity index (χ3v) is 3.16. The SMILES string of the molecule is Cc1ccc(Cn2nnc(CO)c2-c2ccco2)cc1. The Bertz CT molecular complexity index is 684. The van der Waals surface area contributed by atoms with Crippen LogP contribution in [0.1, 0.15) is 16.8 Å². The van der Waals surface area contributed by atoms with Crippen molar-refractivity contribution in [2.24, 2.45) is 0 Å². The van der Waals surface area contributed by atoms with Gasteiger partial charge in [-0.05, 0) is 24.6 Å². The molecule has 0 saturated carbocycles.